The zero-order chi connectivity index (χ0) is 21.6. The molecule has 0 bridgehead atoms. The van der Waals surface area contributed by atoms with Crippen LogP contribution in [0.4, 0.5) is 0 Å². The number of methoxy groups -OCH3 is 2. The summed E-state index contributed by atoms with van der Waals surface area (Å²) in [5.74, 6) is 3.92. The van der Waals surface area contributed by atoms with Crippen molar-refractivity contribution in [2.75, 3.05) is 32.3 Å². The molecule has 2 rings (SSSR count). The monoisotopic (exact) mass is 567 g/mol. The summed E-state index contributed by atoms with van der Waals surface area (Å²) in [5, 5.41) is 12.9. The molecule has 0 spiro atoms. The second-order valence-electron chi connectivity index (χ2n) is 7.78. The molecular weight excluding hydrogens is 529 g/mol. The average Bonchev–Trinajstić information content (AvgIpc) is 3.25. The van der Waals surface area contributed by atoms with Crippen molar-refractivity contribution in [2.45, 2.75) is 72.5 Å². The molecule has 1 saturated heterocycles. The van der Waals surface area contributed by atoms with Crippen molar-refractivity contribution in [2.24, 2.45) is 0 Å². The lowest BCUT2D eigenvalue weighted by atomic mass is 10.1. The minimum Gasteiger partial charge on any atom is -0.493 e. The normalized spacial score (nSPS) is 19.7. The molecule has 4 nitrogen and oxygen atoms in total. The van der Waals surface area contributed by atoms with Gasteiger partial charge >= 0.3 is 0 Å². The summed E-state index contributed by atoms with van der Waals surface area (Å²) in [6, 6.07) is 6.78. The largest absolute Gasteiger partial charge is 0.493 e. The van der Waals surface area contributed by atoms with Crippen LogP contribution in [0, 0.1) is 0 Å². The number of hydrogen-bond donors (Lipinski definition) is 2. The van der Waals surface area contributed by atoms with Crippen LogP contribution in [-0.4, -0.2) is 46.7 Å². The number of thioether (sulfide) groups is 2. The molecule has 3 unspecified atom stereocenters. The van der Waals surface area contributed by atoms with Crippen LogP contribution in [0.1, 0.15) is 68.7 Å². The van der Waals surface area contributed by atoms with Crippen LogP contribution in [0.2, 0.25) is 0 Å². The van der Waals surface area contributed by atoms with Gasteiger partial charge in [-0.05, 0) is 30.5 Å². The highest BCUT2D eigenvalue weighted by Crippen LogP contribution is 2.38. The van der Waals surface area contributed by atoms with Gasteiger partial charge in [-0.1, -0.05) is 73.6 Å². The fraction of sp³-hybridized carbons (Fsp3) is 0.739. The van der Waals surface area contributed by atoms with E-state index in [0.29, 0.717) is 21.3 Å². The predicted molar refractivity (Wildman–Crippen MR) is 141 cm³/mol. The van der Waals surface area contributed by atoms with Gasteiger partial charge in [-0.3, -0.25) is 5.32 Å². The first-order valence-electron chi connectivity index (χ1n) is 11.1. The Morgan fingerprint density at radius 1 is 1.07 bits per heavy atom. The Hall–Kier alpha value is 0.170. The second kappa shape index (κ2) is 15.9. The van der Waals surface area contributed by atoms with Crippen LogP contribution in [0.25, 0.3) is 0 Å². The highest BCUT2D eigenvalue weighted by Gasteiger charge is 2.26. The number of rotatable bonds is 16. The fourth-order valence-corrected chi connectivity index (χ4v) is 7.08. The minimum absolute atomic E-state index is 0.334. The van der Waals surface area contributed by atoms with Crippen LogP contribution >= 0.6 is 46.1 Å². The Labute approximate surface area is 205 Å². The molecule has 1 aromatic rings. The molecule has 3 atom stereocenters. The molecule has 172 valence electrons. The van der Waals surface area contributed by atoms with Gasteiger partial charge in [0.05, 0.1) is 22.9 Å². The summed E-state index contributed by atoms with van der Waals surface area (Å²) in [5.41, 5.74) is 1.26. The molecule has 1 aliphatic rings. The van der Waals surface area contributed by atoms with E-state index >= 15 is 0 Å². The SMILES string of the molecule is COc1ccc(C2NC(CSC(I)CCCCCCCCCCO)CS2)cc1OC. The lowest BCUT2D eigenvalue weighted by molar-refractivity contribution is 0.282. The van der Waals surface area contributed by atoms with Crippen molar-refractivity contribution in [3.8, 4) is 11.5 Å². The third kappa shape index (κ3) is 9.76. The smallest absolute Gasteiger partial charge is 0.161 e. The minimum atomic E-state index is 0.334. The molecule has 1 aromatic carbocycles. The maximum atomic E-state index is 8.79. The van der Waals surface area contributed by atoms with Gasteiger partial charge in [-0.15, -0.1) is 23.5 Å². The van der Waals surface area contributed by atoms with Crippen molar-refractivity contribution in [1.82, 2.24) is 5.32 Å². The van der Waals surface area contributed by atoms with E-state index in [1.54, 1.807) is 14.2 Å². The molecule has 30 heavy (non-hydrogen) atoms. The molecule has 7 heteroatoms. The first-order valence-corrected chi connectivity index (χ1v) is 14.5. The second-order valence-corrected chi connectivity index (χ2v) is 12.5. The highest BCUT2D eigenvalue weighted by atomic mass is 127. The van der Waals surface area contributed by atoms with E-state index in [2.05, 4.69) is 51.8 Å². The third-order valence-corrected chi connectivity index (χ3v) is 9.61. The maximum absolute atomic E-state index is 8.79. The fourth-order valence-electron chi connectivity index (χ4n) is 3.61. The molecule has 1 heterocycles. The van der Waals surface area contributed by atoms with Crippen molar-refractivity contribution < 1.29 is 14.6 Å². The molecule has 2 N–H and O–H groups in total. The van der Waals surface area contributed by atoms with Gasteiger partial charge in [0.15, 0.2) is 11.5 Å². The number of benzene rings is 1. The van der Waals surface area contributed by atoms with Crippen molar-refractivity contribution in [3.05, 3.63) is 23.8 Å². The van der Waals surface area contributed by atoms with Crippen LogP contribution < -0.4 is 14.8 Å². The number of alkyl halides is 1. The Kier molecular flexibility index (Phi) is 14.0. The molecule has 0 aliphatic carbocycles. The van der Waals surface area contributed by atoms with Crippen LogP contribution in [0.15, 0.2) is 18.2 Å². The Balaban J connectivity index is 1.57. The molecule has 0 aromatic heterocycles. The van der Waals surface area contributed by atoms with E-state index in [4.69, 9.17) is 14.6 Å². The van der Waals surface area contributed by atoms with Crippen molar-refractivity contribution in [1.29, 1.82) is 0 Å². The van der Waals surface area contributed by atoms with E-state index in [-0.39, 0.29) is 0 Å². The topological polar surface area (TPSA) is 50.7 Å². The summed E-state index contributed by atoms with van der Waals surface area (Å²) in [6.07, 6.45) is 11.5. The van der Waals surface area contributed by atoms with Crippen LogP contribution in [0.5, 0.6) is 11.5 Å². The third-order valence-electron chi connectivity index (χ3n) is 5.38. The summed E-state index contributed by atoms with van der Waals surface area (Å²) in [7, 11) is 3.37. The number of halogens is 1. The summed E-state index contributed by atoms with van der Waals surface area (Å²) < 4.78 is 11.5. The maximum Gasteiger partial charge on any atom is 0.161 e. The first kappa shape index (κ1) is 26.4. The van der Waals surface area contributed by atoms with Crippen molar-refractivity contribution >= 4 is 46.1 Å². The van der Waals surface area contributed by atoms with Gasteiger partial charge in [0.25, 0.3) is 0 Å². The Morgan fingerprint density at radius 2 is 1.73 bits per heavy atom. The van der Waals surface area contributed by atoms with Crippen molar-refractivity contribution in [3.63, 3.8) is 0 Å². The van der Waals surface area contributed by atoms with Crippen LogP contribution in [-0.2, 0) is 0 Å². The number of ether oxygens (including phenoxy) is 2. The summed E-state index contributed by atoms with van der Waals surface area (Å²) in [6.45, 7) is 0.348. The molecule has 0 amide bonds. The van der Waals surface area contributed by atoms with Crippen LogP contribution in [0.3, 0.4) is 0 Å². The van der Waals surface area contributed by atoms with E-state index in [9.17, 15) is 0 Å². The lowest BCUT2D eigenvalue weighted by Crippen LogP contribution is -2.28. The van der Waals surface area contributed by atoms with Gasteiger partial charge < -0.3 is 14.6 Å². The molecule has 0 radical (unpaired) electrons. The van der Waals surface area contributed by atoms with E-state index in [0.717, 1.165) is 23.7 Å². The Bertz CT molecular complexity index is 594. The van der Waals surface area contributed by atoms with Gasteiger partial charge in [-0.25, -0.2) is 0 Å². The number of aliphatic hydroxyl groups excluding tert-OH is 1. The number of unbranched alkanes of at least 4 members (excludes halogenated alkanes) is 7. The first-order chi connectivity index (χ1) is 14.7. The van der Waals surface area contributed by atoms with Gasteiger partial charge in [0.2, 0.25) is 0 Å². The number of hydrogen-bond acceptors (Lipinski definition) is 6. The van der Waals surface area contributed by atoms with E-state index < -0.39 is 0 Å². The quantitative estimate of drug-likeness (QED) is 0.137. The van der Waals surface area contributed by atoms with E-state index in [1.165, 1.54) is 62.7 Å². The highest BCUT2D eigenvalue weighted by molar-refractivity contribution is 14.1. The van der Waals surface area contributed by atoms with E-state index in [1.807, 2.05) is 17.8 Å². The summed E-state index contributed by atoms with van der Waals surface area (Å²) in [4.78, 5) is 0. The Morgan fingerprint density at radius 3 is 2.40 bits per heavy atom. The number of aliphatic hydroxyl groups is 1. The average molecular weight is 568 g/mol. The zero-order valence-electron chi connectivity index (χ0n) is 18.4. The predicted octanol–water partition coefficient (Wildman–Crippen LogP) is 6.40. The molecule has 1 aliphatic heterocycles. The number of nitrogens with one attached hydrogen (secondary N) is 1. The summed E-state index contributed by atoms with van der Waals surface area (Å²) >= 11 is 6.71. The van der Waals surface area contributed by atoms with Gasteiger partial charge in [0.1, 0.15) is 0 Å². The lowest BCUT2D eigenvalue weighted by Gasteiger charge is -2.17. The molecule has 0 saturated carbocycles. The van der Waals surface area contributed by atoms with Gasteiger partial charge in [0, 0.05) is 24.2 Å². The molecular formula is C23H38INO3S2. The molecule has 1 fully saturated rings. The zero-order valence-corrected chi connectivity index (χ0v) is 22.2. The van der Waals surface area contributed by atoms with Gasteiger partial charge in [-0.2, -0.15) is 0 Å². The standard InChI is InChI=1S/C23H38INO3S2/c1-27-20-13-12-18(15-21(20)28-2)23-25-19(17-30-23)16-29-22(24)11-9-7-5-3-4-6-8-10-14-26/h12-13,15,19,22-23,25-26H,3-11,14,16-17H2,1-2H3.